The molecule has 57 heavy (non-hydrogen) atoms. The number of piperidine rings is 1. The first-order valence-electron chi connectivity index (χ1n) is 23.3. The van der Waals surface area contributed by atoms with Gasteiger partial charge in [-0.2, -0.15) is 0 Å². The number of epoxide rings is 1. The van der Waals surface area contributed by atoms with Gasteiger partial charge in [-0.3, -0.25) is 14.9 Å². The number of aliphatic hydroxyl groups excluding tert-OH is 1. The fourth-order valence-corrected chi connectivity index (χ4v) is 13.3. The number of fused-ring (bicyclic) bond motifs is 3. The molecule has 0 aromatic carbocycles. The van der Waals surface area contributed by atoms with Crippen molar-refractivity contribution in [2.75, 3.05) is 40.0 Å². The number of hydrogen-bond donors (Lipinski definition) is 5. The van der Waals surface area contributed by atoms with Crippen LogP contribution in [0.1, 0.15) is 137 Å². The van der Waals surface area contributed by atoms with E-state index in [2.05, 4.69) is 61.1 Å². The van der Waals surface area contributed by atoms with Crippen LogP contribution >= 0.6 is 0 Å². The molecule has 2 saturated heterocycles. The van der Waals surface area contributed by atoms with Crippen LogP contribution in [0.2, 0.25) is 0 Å². The molecule has 6 fully saturated rings. The van der Waals surface area contributed by atoms with Crippen molar-refractivity contribution < 1.29 is 29.0 Å². The zero-order valence-corrected chi connectivity index (χ0v) is 36.0. The predicted molar refractivity (Wildman–Crippen MR) is 223 cm³/mol. The summed E-state index contributed by atoms with van der Waals surface area (Å²) in [4.78, 5) is 45.0. The molecule has 5 N–H and O–H groups in total. The first-order chi connectivity index (χ1) is 27.5. The van der Waals surface area contributed by atoms with Crippen molar-refractivity contribution >= 4 is 17.5 Å². The Morgan fingerprint density at radius 3 is 2.54 bits per heavy atom. The lowest BCUT2D eigenvalue weighted by Crippen LogP contribution is -2.60. The van der Waals surface area contributed by atoms with Gasteiger partial charge in [-0.15, -0.1) is 0 Å². The molecule has 2 heterocycles. The number of hydrogen-bond acceptors (Lipinski definition) is 10. The van der Waals surface area contributed by atoms with Crippen molar-refractivity contribution in [3.8, 4) is 0 Å². The lowest BCUT2D eigenvalue weighted by molar-refractivity contribution is -0.161. The summed E-state index contributed by atoms with van der Waals surface area (Å²) in [6.45, 7) is 11.1. The molecule has 7 rings (SSSR count). The number of rotatable bonds is 16. The predicted octanol–water partition coefficient (Wildman–Crippen LogP) is 6.37. The van der Waals surface area contributed by atoms with Gasteiger partial charge in [-0.05, 0) is 145 Å². The molecule has 5 unspecified atom stereocenters. The summed E-state index contributed by atoms with van der Waals surface area (Å²) in [6, 6.07) is 0.212. The van der Waals surface area contributed by atoms with E-state index in [4.69, 9.17) is 9.47 Å². The molecular weight excluding hydrogens is 717 g/mol. The highest BCUT2D eigenvalue weighted by Crippen LogP contribution is 2.64. The highest BCUT2D eigenvalue weighted by Gasteiger charge is 2.87. The van der Waals surface area contributed by atoms with Gasteiger partial charge in [0.05, 0.1) is 19.4 Å². The second-order valence-corrected chi connectivity index (χ2v) is 20.0. The summed E-state index contributed by atoms with van der Waals surface area (Å²) < 4.78 is 12.9. The highest BCUT2D eigenvalue weighted by molar-refractivity contribution is 6.23. The quantitative estimate of drug-likeness (QED) is 0.0394. The van der Waals surface area contributed by atoms with E-state index >= 15 is 9.59 Å². The van der Waals surface area contributed by atoms with Crippen LogP contribution < -0.4 is 21.3 Å². The van der Waals surface area contributed by atoms with E-state index in [1.165, 1.54) is 19.3 Å². The maximum Gasteiger partial charge on any atom is 0.350 e. The fourth-order valence-electron chi connectivity index (χ4n) is 13.3. The molecule has 0 bridgehead atoms. The SMILES string of the molecule is CCN[C@@H]1C[C@@H]2C=CCC[C@H]2C[C@@H]1COC(=O)[C@]12O[C@@]1(CC(CO)=C(C)CC1(C3CCNC(NCNC)C3)CCCCC1)C(=O)C1CCCC(CC(C)C)C1C2=O. The molecule has 0 spiro atoms. The standard InChI is InChI=1S/C47H76N4O6/c1-6-49-39-23-33-14-9-8-13-32(33)22-35(39)28-56-44(55)47-43(54)41-34(21-30(2)3)15-12-16-38(41)42(53)46(47,57-47)26-36(27-52)31(4)25-45(18-10-7-11-19-45)37-17-20-50-40(24-37)51-29-48-5/h9,14,30,32-35,37-41,48-52H,6-8,10-13,15-29H2,1-5H3/t32-,33-,34?,35+,37?,38?,39+,40?,41?,46-,47-/m0/s1. The maximum absolute atomic E-state index is 15.1. The first kappa shape index (κ1) is 43.1. The Kier molecular flexibility index (Phi) is 13.9. The molecule has 7 aliphatic rings. The zero-order valence-electron chi connectivity index (χ0n) is 36.0. The van der Waals surface area contributed by atoms with Crippen LogP contribution in [0.3, 0.4) is 0 Å². The number of ketones is 2. The number of Topliss-reactive ketones (excluding diaryl/α,β-unsaturated/α-hetero) is 2. The van der Waals surface area contributed by atoms with Crippen molar-refractivity contribution in [1.29, 1.82) is 0 Å². The van der Waals surface area contributed by atoms with Crippen molar-refractivity contribution in [3.05, 3.63) is 23.3 Å². The van der Waals surface area contributed by atoms with Crippen LogP contribution in [0.25, 0.3) is 0 Å². The molecule has 5 aliphatic carbocycles. The summed E-state index contributed by atoms with van der Waals surface area (Å²) in [7, 11) is 1.96. The third kappa shape index (κ3) is 8.40. The Bertz CT molecular complexity index is 1510. The number of nitrogens with one attached hydrogen (secondary N) is 4. The summed E-state index contributed by atoms with van der Waals surface area (Å²) >= 11 is 0. The van der Waals surface area contributed by atoms with Gasteiger partial charge in [0.2, 0.25) is 0 Å². The van der Waals surface area contributed by atoms with Gasteiger partial charge in [0.1, 0.15) is 0 Å². The zero-order chi connectivity index (χ0) is 40.4. The van der Waals surface area contributed by atoms with Gasteiger partial charge in [0, 0.05) is 36.9 Å². The van der Waals surface area contributed by atoms with Crippen LogP contribution in [0.15, 0.2) is 23.3 Å². The topological polar surface area (TPSA) is 141 Å². The number of carbonyl (C=O) groups is 3. The summed E-state index contributed by atoms with van der Waals surface area (Å²) in [5.74, 6) is 0.138. The molecule has 0 amide bonds. The minimum absolute atomic E-state index is 0.0389. The molecule has 320 valence electrons. The van der Waals surface area contributed by atoms with Crippen LogP contribution in [-0.4, -0.2) is 86.1 Å². The highest BCUT2D eigenvalue weighted by atomic mass is 16.7. The first-order valence-corrected chi connectivity index (χ1v) is 23.3. The molecule has 2 aliphatic heterocycles. The van der Waals surface area contributed by atoms with Crippen LogP contribution in [0.5, 0.6) is 0 Å². The summed E-state index contributed by atoms with van der Waals surface area (Å²) in [5, 5.41) is 25.3. The fraction of sp³-hybridized carbons (Fsp3) is 0.851. The lowest BCUT2D eigenvalue weighted by atomic mass is 9.56. The van der Waals surface area contributed by atoms with E-state index in [0.717, 1.165) is 108 Å². The van der Waals surface area contributed by atoms with E-state index in [9.17, 15) is 9.90 Å². The lowest BCUT2D eigenvalue weighted by Gasteiger charge is -2.48. The van der Waals surface area contributed by atoms with Crippen molar-refractivity contribution in [1.82, 2.24) is 21.3 Å². The van der Waals surface area contributed by atoms with Gasteiger partial charge in [-0.1, -0.05) is 64.2 Å². The Balaban J connectivity index is 1.17. The van der Waals surface area contributed by atoms with E-state index in [1.807, 2.05) is 7.05 Å². The normalized spacial score (nSPS) is 39.2. The molecule has 4 saturated carbocycles. The Morgan fingerprint density at radius 1 is 1.00 bits per heavy atom. The van der Waals surface area contributed by atoms with Crippen molar-refractivity contribution in [3.63, 3.8) is 0 Å². The van der Waals surface area contributed by atoms with Gasteiger partial charge in [0.15, 0.2) is 17.2 Å². The van der Waals surface area contributed by atoms with Crippen molar-refractivity contribution in [2.24, 2.45) is 52.8 Å². The molecule has 10 heteroatoms. The molecule has 0 radical (unpaired) electrons. The third-order valence-corrected chi connectivity index (χ3v) is 16.1. The largest absolute Gasteiger partial charge is 0.463 e. The number of carbonyl (C=O) groups excluding carboxylic acids is 3. The van der Waals surface area contributed by atoms with Crippen LogP contribution in [-0.2, 0) is 23.9 Å². The second-order valence-electron chi connectivity index (χ2n) is 20.0. The van der Waals surface area contributed by atoms with E-state index in [-0.39, 0.29) is 60.7 Å². The third-order valence-electron chi connectivity index (χ3n) is 16.1. The minimum atomic E-state index is -1.94. The average Bonchev–Trinajstić information content (AvgIpc) is 3.92. The average molecular weight is 793 g/mol. The molecule has 11 atom stereocenters. The van der Waals surface area contributed by atoms with E-state index < -0.39 is 29.0 Å². The summed E-state index contributed by atoms with van der Waals surface area (Å²) in [5.41, 5.74) is -1.63. The van der Waals surface area contributed by atoms with Crippen molar-refractivity contribution in [2.45, 2.75) is 160 Å². The van der Waals surface area contributed by atoms with Gasteiger partial charge < -0.3 is 30.5 Å². The maximum atomic E-state index is 15.1. The van der Waals surface area contributed by atoms with Crippen LogP contribution in [0.4, 0.5) is 0 Å². The Labute approximate surface area is 343 Å². The molecule has 10 nitrogen and oxygen atoms in total. The van der Waals surface area contributed by atoms with E-state index in [1.54, 1.807) is 0 Å². The molecular formula is C47H76N4O6. The van der Waals surface area contributed by atoms with Crippen LogP contribution in [0, 0.1) is 52.8 Å². The molecule has 0 aromatic heterocycles. The van der Waals surface area contributed by atoms with Gasteiger partial charge in [0.25, 0.3) is 5.60 Å². The Hall–Kier alpha value is -1.95. The van der Waals surface area contributed by atoms with Gasteiger partial charge in [-0.25, -0.2) is 4.79 Å². The van der Waals surface area contributed by atoms with Gasteiger partial charge >= 0.3 is 5.97 Å². The monoisotopic (exact) mass is 793 g/mol. The minimum Gasteiger partial charge on any atom is -0.463 e. The number of esters is 1. The van der Waals surface area contributed by atoms with E-state index in [0.29, 0.717) is 30.1 Å². The summed E-state index contributed by atoms with van der Waals surface area (Å²) in [6.07, 6.45) is 21.4. The smallest absolute Gasteiger partial charge is 0.350 e. The Morgan fingerprint density at radius 2 is 1.81 bits per heavy atom. The number of aliphatic hydroxyl groups is 1. The molecule has 0 aromatic rings. The second kappa shape index (κ2) is 18.3. The number of ether oxygens (including phenoxy) is 2. The number of allylic oxidation sites excluding steroid dienone is 3.